The highest BCUT2D eigenvalue weighted by Gasteiger charge is 2.12. The quantitative estimate of drug-likeness (QED) is 0.436. The van der Waals surface area contributed by atoms with E-state index in [9.17, 15) is 0 Å². The molecule has 1 heterocycles. The first-order valence-corrected chi connectivity index (χ1v) is 5.15. The van der Waals surface area contributed by atoms with Crippen molar-refractivity contribution in [3.05, 3.63) is 23.3 Å². The zero-order chi connectivity index (χ0) is 9.26. The summed E-state index contributed by atoms with van der Waals surface area (Å²) in [6, 6.07) is 4.20. The van der Waals surface area contributed by atoms with E-state index in [0.717, 1.165) is 17.8 Å². The van der Waals surface area contributed by atoms with Gasteiger partial charge in [0.2, 0.25) is 0 Å². The van der Waals surface area contributed by atoms with Gasteiger partial charge < -0.3 is 0 Å². The van der Waals surface area contributed by atoms with Crippen LogP contribution >= 0.6 is 24.2 Å². The van der Waals surface area contributed by atoms with Crippen LogP contribution in [0.3, 0.4) is 0 Å². The number of nitrogens with zero attached hydrogens (tertiary/aromatic N) is 1. The molecule has 2 rings (SSSR count). The molecule has 0 amide bonds. The summed E-state index contributed by atoms with van der Waals surface area (Å²) >= 11 is 6.25. The average Bonchev–Trinajstić information content (AvgIpc) is 2.52. The third-order valence-electron chi connectivity index (χ3n) is 1.99. The number of hydrogen-bond donors (Lipinski definition) is 1. The summed E-state index contributed by atoms with van der Waals surface area (Å²) in [5.74, 6) is 0. The minimum atomic E-state index is 0.903. The largest absolute Gasteiger partial charge is 0.255 e. The fourth-order valence-electron chi connectivity index (χ4n) is 1.31. The summed E-state index contributed by atoms with van der Waals surface area (Å²) in [5.41, 5.74) is 3.37. The van der Waals surface area contributed by atoms with Crippen LogP contribution in [0.1, 0.15) is 11.1 Å². The number of fused-ring (bicyclic) bond motifs is 1. The Labute approximate surface area is 86.6 Å². The van der Waals surface area contributed by atoms with Gasteiger partial charge in [0.25, 0.3) is 0 Å². The van der Waals surface area contributed by atoms with Crippen molar-refractivity contribution in [3.8, 4) is 0 Å². The molecule has 1 aliphatic rings. The van der Waals surface area contributed by atoms with Crippen molar-refractivity contribution < 1.29 is 0 Å². The van der Waals surface area contributed by atoms with E-state index in [1.54, 1.807) is 11.9 Å². The highest BCUT2D eigenvalue weighted by molar-refractivity contribution is 7.97. The van der Waals surface area contributed by atoms with Crippen LogP contribution in [0.4, 0.5) is 5.69 Å². The molecule has 0 bridgehead atoms. The van der Waals surface area contributed by atoms with Gasteiger partial charge in [0.15, 0.2) is 0 Å². The number of rotatable bonds is 1. The van der Waals surface area contributed by atoms with Crippen LogP contribution in [0.2, 0.25) is 0 Å². The Morgan fingerprint density at radius 2 is 2.46 bits per heavy atom. The van der Waals surface area contributed by atoms with Crippen molar-refractivity contribution in [1.29, 1.82) is 0 Å². The van der Waals surface area contributed by atoms with E-state index in [4.69, 9.17) is 0 Å². The molecule has 66 valence electrons. The van der Waals surface area contributed by atoms with Crippen molar-refractivity contribution in [1.82, 2.24) is 4.72 Å². The molecule has 0 aromatic heterocycles. The molecule has 1 N–H and O–H groups in total. The maximum absolute atomic E-state index is 4.58. The molecule has 0 fully saturated rings. The smallest absolute Gasteiger partial charge is 0.0772 e. The van der Waals surface area contributed by atoms with E-state index in [0.29, 0.717) is 0 Å². The number of hydrogen-bond acceptors (Lipinski definition) is 4. The molecule has 4 heteroatoms. The maximum Gasteiger partial charge on any atom is 0.0772 e. The Hall–Kier alpha value is -0.670. The number of aryl methyl sites for hydroxylation is 1. The van der Waals surface area contributed by atoms with E-state index in [-0.39, 0.29) is 0 Å². The van der Waals surface area contributed by atoms with Gasteiger partial charge in [-0.25, -0.2) is 0 Å². The number of benzene rings is 1. The van der Waals surface area contributed by atoms with E-state index in [2.05, 4.69) is 39.2 Å². The second-order valence-corrected chi connectivity index (χ2v) is 3.99. The molecular weight excluding hydrogens is 200 g/mol. The molecule has 0 aliphatic carbocycles. The van der Waals surface area contributed by atoms with E-state index in [1.807, 2.05) is 6.92 Å². The Morgan fingerprint density at radius 1 is 1.62 bits per heavy atom. The Kier molecular flexibility index (Phi) is 2.47. The normalized spacial score (nSPS) is 13.6. The predicted octanol–water partition coefficient (Wildman–Crippen LogP) is 2.84. The zero-order valence-corrected chi connectivity index (χ0v) is 8.76. The number of aliphatic imine (C=N–C) groups is 1. The first-order chi connectivity index (χ1) is 6.31. The molecular formula is C9H8N2S2. The highest BCUT2D eigenvalue weighted by Crippen LogP contribution is 2.32. The van der Waals surface area contributed by atoms with Crippen LogP contribution in [-0.2, 0) is 6.54 Å². The second kappa shape index (κ2) is 3.60. The van der Waals surface area contributed by atoms with Gasteiger partial charge >= 0.3 is 0 Å². The Morgan fingerprint density at radius 3 is 3.23 bits per heavy atom. The van der Waals surface area contributed by atoms with Crippen LogP contribution < -0.4 is 4.72 Å². The van der Waals surface area contributed by atoms with E-state index < -0.39 is 0 Å². The third-order valence-corrected chi connectivity index (χ3v) is 2.97. The van der Waals surface area contributed by atoms with Gasteiger partial charge in [0.1, 0.15) is 0 Å². The van der Waals surface area contributed by atoms with Crippen LogP contribution in [0.25, 0.3) is 0 Å². The van der Waals surface area contributed by atoms with Gasteiger partial charge in [0, 0.05) is 11.4 Å². The first kappa shape index (κ1) is 8.91. The molecule has 13 heavy (non-hydrogen) atoms. The fraction of sp³-hybridized carbons (Fsp3) is 0.222. The van der Waals surface area contributed by atoms with Crippen molar-refractivity contribution in [2.45, 2.75) is 18.4 Å². The highest BCUT2D eigenvalue weighted by atomic mass is 32.2. The predicted molar refractivity (Wildman–Crippen MR) is 58.6 cm³/mol. The number of nitrogens with one attached hydrogen (secondary N) is 1. The Bertz CT molecular complexity index is 395. The molecule has 1 aromatic rings. The number of thiocarbonyl (C=S) groups is 1. The summed E-state index contributed by atoms with van der Waals surface area (Å²) in [4.78, 5) is 5.30. The van der Waals surface area contributed by atoms with Crippen molar-refractivity contribution >= 4 is 35.0 Å². The molecule has 0 spiro atoms. The number of isothiocyanates is 1. The summed E-state index contributed by atoms with van der Waals surface area (Å²) in [7, 11) is 0. The SMILES string of the molecule is Cc1cc2c(cc1N=C=S)CNS2. The summed E-state index contributed by atoms with van der Waals surface area (Å²) in [6.07, 6.45) is 0. The average molecular weight is 208 g/mol. The minimum absolute atomic E-state index is 0.903. The molecule has 0 unspecified atom stereocenters. The van der Waals surface area contributed by atoms with Gasteiger partial charge in [-0.05, 0) is 54.3 Å². The van der Waals surface area contributed by atoms with Crippen LogP contribution in [0, 0.1) is 6.92 Å². The van der Waals surface area contributed by atoms with Gasteiger partial charge in [-0.1, -0.05) is 0 Å². The third kappa shape index (κ3) is 1.67. The van der Waals surface area contributed by atoms with Crippen molar-refractivity contribution in [3.63, 3.8) is 0 Å². The lowest BCUT2D eigenvalue weighted by atomic mass is 10.1. The lowest BCUT2D eigenvalue weighted by molar-refractivity contribution is 0.992. The fourth-order valence-corrected chi connectivity index (χ4v) is 2.29. The molecule has 1 aromatic carbocycles. The molecule has 0 radical (unpaired) electrons. The summed E-state index contributed by atoms with van der Waals surface area (Å²) < 4.78 is 3.21. The van der Waals surface area contributed by atoms with Gasteiger partial charge in [0.05, 0.1) is 10.8 Å². The van der Waals surface area contributed by atoms with Crippen LogP contribution in [-0.4, -0.2) is 5.16 Å². The standard InChI is InChI=1S/C9H8N2S2/c1-6-2-9-7(4-11-13-9)3-8(6)10-5-12/h2-3,11H,4H2,1H3. The maximum atomic E-state index is 4.58. The summed E-state index contributed by atoms with van der Waals surface area (Å²) in [6.45, 7) is 2.94. The zero-order valence-electron chi connectivity index (χ0n) is 7.13. The van der Waals surface area contributed by atoms with E-state index >= 15 is 0 Å². The van der Waals surface area contributed by atoms with Crippen molar-refractivity contribution in [2.24, 2.45) is 4.99 Å². The topological polar surface area (TPSA) is 24.4 Å². The lowest BCUT2D eigenvalue weighted by Crippen LogP contribution is -1.91. The van der Waals surface area contributed by atoms with E-state index in [1.165, 1.54) is 10.5 Å². The molecule has 1 aliphatic heterocycles. The molecule has 0 atom stereocenters. The molecule has 2 nitrogen and oxygen atoms in total. The van der Waals surface area contributed by atoms with Gasteiger partial charge in [-0.15, -0.1) is 0 Å². The molecule has 0 saturated heterocycles. The second-order valence-electron chi connectivity index (χ2n) is 2.87. The first-order valence-electron chi connectivity index (χ1n) is 3.92. The minimum Gasteiger partial charge on any atom is -0.255 e. The van der Waals surface area contributed by atoms with Crippen LogP contribution in [0.15, 0.2) is 22.0 Å². The Balaban J connectivity index is 2.55. The molecule has 0 saturated carbocycles. The van der Waals surface area contributed by atoms with Gasteiger partial charge in [-0.3, -0.25) is 4.72 Å². The summed E-state index contributed by atoms with van der Waals surface area (Å²) in [5, 5.41) is 2.40. The van der Waals surface area contributed by atoms with Crippen LogP contribution in [0.5, 0.6) is 0 Å². The van der Waals surface area contributed by atoms with Gasteiger partial charge in [-0.2, -0.15) is 4.99 Å². The monoisotopic (exact) mass is 208 g/mol. The van der Waals surface area contributed by atoms with Crippen molar-refractivity contribution in [2.75, 3.05) is 0 Å². The lowest BCUT2D eigenvalue weighted by Gasteiger charge is -2.01.